The van der Waals surface area contributed by atoms with Crippen molar-refractivity contribution >= 4 is 0 Å². The molecule has 1 heterocycles. The molecular formula is C14H24N2O2. The van der Waals surface area contributed by atoms with E-state index in [1.165, 1.54) is 25.3 Å². The second kappa shape index (κ2) is 6.57. The molecule has 0 saturated heterocycles. The fourth-order valence-corrected chi connectivity index (χ4v) is 2.24. The molecule has 0 spiro atoms. The zero-order valence-electron chi connectivity index (χ0n) is 11.7. The largest absolute Gasteiger partial charge is 0.328 e. The highest BCUT2D eigenvalue weighted by atomic mass is 16.2. The maximum atomic E-state index is 11.8. The Morgan fingerprint density at radius 1 is 1.22 bits per heavy atom. The van der Waals surface area contributed by atoms with Crippen LogP contribution in [0.2, 0.25) is 0 Å². The summed E-state index contributed by atoms with van der Waals surface area (Å²) in [6, 6.07) is 1.42. The van der Waals surface area contributed by atoms with E-state index >= 15 is 0 Å². The molecule has 0 fully saturated rings. The van der Waals surface area contributed by atoms with Gasteiger partial charge in [0.15, 0.2) is 0 Å². The first-order valence-electron chi connectivity index (χ1n) is 6.86. The summed E-state index contributed by atoms with van der Waals surface area (Å²) in [6.45, 7) is 6.35. The van der Waals surface area contributed by atoms with E-state index in [-0.39, 0.29) is 16.8 Å². The van der Waals surface area contributed by atoms with E-state index < -0.39 is 0 Å². The van der Waals surface area contributed by atoms with Crippen molar-refractivity contribution in [1.82, 2.24) is 9.55 Å². The number of hydrogen-bond donors (Lipinski definition) is 1. The first-order valence-corrected chi connectivity index (χ1v) is 6.86. The monoisotopic (exact) mass is 252 g/mol. The Hall–Kier alpha value is -1.32. The summed E-state index contributed by atoms with van der Waals surface area (Å²) in [6.07, 6.45) is 8.22. The van der Waals surface area contributed by atoms with Crippen LogP contribution in [0.3, 0.4) is 0 Å². The summed E-state index contributed by atoms with van der Waals surface area (Å²) in [5.74, 6) is 0. The number of hydrogen-bond acceptors (Lipinski definition) is 2. The Morgan fingerprint density at radius 3 is 2.50 bits per heavy atom. The van der Waals surface area contributed by atoms with Gasteiger partial charge in [0.25, 0.3) is 5.56 Å². The second-order valence-corrected chi connectivity index (χ2v) is 5.14. The molecule has 1 unspecified atom stereocenters. The molecule has 0 aliphatic heterocycles. The topological polar surface area (TPSA) is 54.9 Å². The number of aromatic amines is 1. The van der Waals surface area contributed by atoms with E-state index in [9.17, 15) is 9.59 Å². The Balaban J connectivity index is 2.86. The van der Waals surface area contributed by atoms with Crippen molar-refractivity contribution in [2.75, 3.05) is 0 Å². The zero-order chi connectivity index (χ0) is 13.6. The highest BCUT2D eigenvalue weighted by Crippen LogP contribution is 2.25. The molecule has 1 aromatic rings. The van der Waals surface area contributed by atoms with Gasteiger partial charge >= 0.3 is 5.69 Å². The summed E-state index contributed by atoms with van der Waals surface area (Å²) in [5.41, 5.74) is -0.835. The van der Waals surface area contributed by atoms with Crippen LogP contribution >= 0.6 is 0 Å². The van der Waals surface area contributed by atoms with Crippen molar-refractivity contribution in [2.24, 2.45) is 0 Å². The molecule has 4 heteroatoms. The summed E-state index contributed by atoms with van der Waals surface area (Å²) in [4.78, 5) is 25.3. The van der Waals surface area contributed by atoms with Crippen LogP contribution in [0.1, 0.15) is 59.3 Å². The summed E-state index contributed by atoms with van der Waals surface area (Å²) in [7, 11) is 0. The van der Waals surface area contributed by atoms with Crippen LogP contribution in [0.5, 0.6) is 0 Å². The molecule has 0 radical (unpaired) electrons. The van der Waals surface area contributed by atoms with Gasteiger partial charge in [-0.2, -0.15) is 0 Å². The van der Waals surface area contributed by atoms with E-state index in [0.717, 1.165) is 19.3 Å². The van der Waals surface area contributed by atoms with Crippen LogP contribution < -0.4 is 11.2 Å². The molecule has 0 aromatic carbocycles. The van der Waals surface area contributed by atoms with Gasteiger partial charge in [0.2, 0.25) is 0 Å². The Bertz CT molecular complexity index is 475. The molecule has 102 valence electrons. The molecule has 4 nitrogen and oxygen atoms in total. The normalized spacial score (nSPS) is 14.4. The minimum atomic E-state index is -0.333. The van der Waals surface area contributed by atoms with E-state index in [1.807, 2.05) is 0 Å². The van der Waals surface area contributed by atoms with Gasteiger partial charge in [-0.15, -0.1) is 0 Å². The molecule has 0 bridgehead atoms. The lowest BCUT2D eigenvalue weighted by Gasteiger charge is -2.30. The zero-order valence-corrected chi connectivity index (χ0v) is 11.7. The third-order valence-corrected chi connectivity index (χ3v) is 3.74. The highest BCUT2D eigenvalue weighted by Gasteiger charge is 2.24. The van der Waals surface area contributed by atoms with Gasteiger partial charge in [-0.3, -0.25) is 14.3 Å². The lowest BCUT2D eigenvalue weighted by Crippen LogP contribution is -2.41. The van der Waals surface area contributed by atoms with Crippen molar-refractivity contribution in [3.05, 3.63) is 33.1 Å². The number of nitrogens with one attached hydrogen (secondary N) is 1. The molecule has 0 aliphatic carbocycles. The van der Waals surface area contributed by atoms with Crippen LogP contribution in [0.4, 0.5) is 0 Å². The molecule has 1 atom stereocenters. The molecule has 18 heavy (non-hydrogen) atoms. The van der Waals surface area contributed by atoms with Crippen LogP contribution in [-0.4, -0.2) is 9.55 Å². The Morgan fingerprint density at radius 2 is 1.94 bits per heavy atom. The van der Waals surface area contributed by atoms with Gasteiger partial charge in [-0.1, -0.05) is 39.5 Å². The fraction of sp³-hybridized carbons (Fsp3) is 0.714. The minimum Gasteiger partial charge on any atom is -0.295 e. The SMILES string of the molecule is CCCCCCC(C)(CC)n1ccc(=O)[nH]c1=O. The first-order chi connectivity index (χ1) is 8.53. The van der Waals surface area contributed by atoms with E-state index in [0.29, 0.717) is 0 Å². The van der Waals surface area contributed by atoms with Crippen LogP contribution in [-0.2, 0) is 5.54 Å². The highest BCUT2D eigenvalue weighted by molar-refractivity contribution is 4.91. The van der Waals surface area contributed by atoms with Crippen LogP contribution in [0.15, 0.2) is 21.9 Å². The minimum absolute atomic E-state index is 0.199. The molecule has 0 aliphatic rings. The van der Waals surface area contributed by atoms with Crippen LogP contribution in [0.25, 0.3) is 0 Å². The average Bonchev–Trinajstić information content (AvgIpc) is 2.34. The smallest absolute Gasteiger partial charge is 0.295 e. The Labute approximate surface area is 108 Å². The van der Waals surface area contributed by atoms with Gasteiger partial charge in [0, 0.05) is 17.8 Å². The maximum absolute atomic E-state index is 11.8. The maximum Gasteiger partial charge on any atom is 0.328 e. The Kier molecular flexibility index (Phi) is 5.38. The summed E-state index contributed by atoms with van der Waals surface area (Å²) >= 11 is 0. The van der Waals surface area contributed by atoms with Gasteiger partial charge in [0.1, 0.15) is 0 Å². The van der Waals surface area contributed by atoms with Crippen LogP contribution in [0, 0.1) is 0 Å². The molecule has 1 aromatic heterocycles. The number of nitrogens with zero attached hydrogens (tertiary/aromatic N) is 1. The van der Waals surface area contributed by atoms with E-state index in [2.05, 4.69) is 25.8 Å². The van der Waals surface area contributed by atoms with Gasteiger partial charge < -0.3 is 0 Å². The number of H-pyrrole nitrogens is 1. The standard InChI is InChI=1S/C14H24N2O2/c1-4-6-7-8-10-14(3,5-2)16-11-9-12(17)15-13(16)18/h9,11H,4-8,10H2,1-3H3,(H,15,17,18). The van der Waals surface area contributed by atoms with E-state index in [1.54, 1.807) is 10.8 Å². The molecular weight excluding hydrogens is 228 g/mol. The predicted molar refractivity (Wildman–Crippen MR) is 74.0 cm³/mol. The third kappa shape index (κ3) is 3.59. The summed E-state index contributed by atoms with van der Waals surface area (Å²) in [5, 5.41) is 0. The fourth-order valence-electron chi connectivity index (χ4n) is 2.24. The molecule has 0 saturated carbocycles. The molecule has 1 rings (SSSR count). The lowest BCUT2D eigenvalue weighted by atomic mass is 9.91. The van der Waals surface area contributed by atoms with Crippen molar-refractivity contribution in [2.45, 2.75) is 64.8 Å². The third-order valence-electron chi connectivity index (χ3n) is 3.74. The molecule has 1 N–H and O–H groups in total. The quantitative estimate of drug-likeness (QED) is 0.758. The van der Waals surface area contributed by atoms with Gasteiger partial charge in [-0.25, -0.2) is 4.79 Å². The van der Waals surface area contributed by atoms with Crippen molar-refractivity contribution in [3.63, 3.8) is 0 Å². The van der Waals surface area contributed by atoms with E-state index in [4.69, 9.17) is 0 Å². The number of unbranched alkanes of at least 4 members (excludes halogenated alkanes) is 3. The summed E-state index contributed by atoms with van der Waals surface area (Å²) < 4.78 is 1.67. The average molecular weight is 252 g/mol. The van der Waals surface area contributed by atoms with Crippen molar-refractivity contribution in [3.8, 4) is 0 Å². The van der Waals surface area contributed by atoms with Crippen molar-refractivity contribution < 1.29 is 0 Å². The first kappa shape index (κ1) is 14.7. The molecule has 0 amide bonds. The number of rotatable bonds is 7. The second-order valence-electron chi connectivity index (χ2n) is 5.14. The number of aromatic nitrogens is 2. The van der Waals surface area contributed by atoms with Gasteiger partial charge in [-0.05, 0) is 19.8 Å². The lowest BCUT2D eigenvalue weighted by molar-refractivity contribution is 0.259. The van der Waals surface area contributed by atoms with Crippen molar-refractivity contribution in [1.29, 1.82) is 0 Å². The predicted octanol–water partition coefficient (Wildman–Crippen LogP) is 2.63. The van der Waals surface area contributed by atoms with Gasteiger partial charge in [0.05, 0.1) is 0 Å².